The van der Waals surface area contributed by atoms with Crippen LogP contribution in [-0.2, 0) is 23.0 Å². The van der Waals surface area contributed by atoms with Crippen LogP contribution < -0.4 is 0 Å². The molecule has 1 fully saturated rings. The lowest BCUT2D eigenvalue weighted by Gasteiger charge is -2.32. The molecular weight excluding hydrogens is 350 g/mol. The average Bonchev–Trinajstić information content (AvgIpc) is 2.68. The summed E-state index contributed by atoms with van der Waals surface area (Å²) in [5.41, 5.74) is 1.87. The first-order chi connectivity index (χ1) is 12.6. The van der Waals surface area contributed by atoms with E-state index in [0.29, 0.717) is 19.5 Å². The van der Waals surface area contributed by atoms with Gasteiger partial charge in [-0.25, -0.2) is 18.4 Å². The topological polar surface area (TPSA) is 79.3 Å². The Labute approximate surface area is 154 Å². The van der Waals surface area contributed by atoms with Gasteiger partial charge in [0.15, 0.2) is 0 Å². The number of rotatable bonds is 3. The van der Waals surface area contributed by atoms with Crippen LogP contribution in [0.25, 0.3) is 0 Å². The lowest BCUT2D eigenvalue weighted by atomic mass is 10.0. The zero-order chi connectivity index (χ0) is 18.1. The predicted molar refractivity (Wildman–Crippen MR) is 96.8 cm³/mol. The monoisotopic (exact) mass is 373 g/mol. The summed E-state index contributed by atoms with van der Waals surface area (Å²) in [5, 5.41) is 0. The average molecular weight is 373 g/mol. The molecule has 0 radical (unpaired) electrons. The highest BCUT2D eigenvalue weighted by Crippen LogP contribution is 2.29. The van der Waals surface area contributed by atoms with Crippen LogP contribution in [-0.4, -0.2) is 52.7 Å². The minimum absolute atomic E-state index is 0.227. The minimum Gasteiger partial charge on any atom is -0.296 e. The predicted octanol–water partition coefficient (Wildman–Crippen LogP) is 1.78. The number of sulfonamides is 1. The van der Waals surface area contributed by atoms with Gasteiger partial charge in [-0.1, -0.05) is 6.42 Å². The van der Waals surface area contributed by atoms with Crippen LogP contribution in [0.5, 0.6) is 0 Å². The van der Waals surface area contributed by atoms with E-state index in [2.05, 4.69) is 21.9 Å². The van der Waals surface area contributed by atoms with Crippen molar-refractivity contribution in [3.63, 3.8) is 0 Å². The van der Waals surface area contributed by atoms with Gasteiger partial charge in [0, 0.05) is 49.4 Å². The SMILES string of the molecule is CN1CCCCC1c1ncc2c(n1)CCN(S(=O)(=O)c1cccnc1)C2. The zero-order valence-electron chi connectivity index (χ0n) is 14.9. The molecule has 138 valence electrons. The summed E-state index contributed by atoms with van der Waals surface area (Å²) in [6.07, 6.45) is 8.89. The number of hydrogen-bond acceptors (Lipinski definition) is 6. The van der Waals surface area contributed by atoms with Gasteiger partial charge in [0.05, 0.1) is 6.04 Å². The molecule has 2 aromatic heterocycles. The van der Waals surface area contributed by atoms with E-state index in [1.165, 1.54) is 23.3 Å². The minimum atomic E-state index is -3.54. The van der Waals surface area contributed by atoms with E-state index in [4.69, 9.17) is 4.98 Å². The first-order valence-corrected chi connectivity index (χ1v) is 10.4. The van der Waals surface area contributed by atoms with Crippen LogP contribution in [0.4, 0.5) is 0 Å². The molecule has 2 aromatic rings. The van der Waals surface area contributed by atoms with E-state index in [1.807, 2.05) is 6.20 Å². The Morgan fingerprint density at radius 3 is 2.85 bits per heavy atom. The summed E-state index contributed by atoms with van der Waals surface area (Å²) in [5.74, 6) is 0.870. The summed E-state index contributed by atoms with van der Waals surface area (Å²) in [6, 6.07) is 3.49. The maximum atomic E-state index is 12.8. The Kier molecular flexibility index (Phi) is 4.73. The molecule has 7 nitrogen and oxygen atoms in total. The third-order valence-electron chi connectivity index (χ3n) is 5.26. The second-order valence-electron chi connectivity index (χ2n) is 6.97. The van der Waals surface area contributed by atoms with E-state index in [-0.39, 0.29) is 10.9 Å². The molecule has 26 heavy (non-hydrogen) atoms. The molecule has 2 aliphatic heterocycles. The number of pyridine rings is 1. The summed E-state index contributed by atoms with van der Waals surface area (Å²) >= 11 is 0. The van der Waals surface area contributed by atoms with Crippen molar-refractivity contribution in [1.29, 1.82) is 0 Å². The summed E-state index contributed by atoms with van der Waals surface area (Å²) < 4.78 is 27.1. The highest BCUT2D eigenvalue weighted by atomic mass is 32.2. The van der Waals surface area contributed by atoms with Crippen molar-refractivity contribution >= 4 is 10.0 Å². The summed E-state index contributed by atoms with van der Waals surface area (Å²) in [6.45, 7) is 1.82. The van der Waals surface area contributed by atoms with E-state index in [9.17, 15) is 8.42 Å². The number of hydrogen-bond donors (Lipinski definition) is 0. The number of nitrogens with zero attached hydrogens (tertiary/aromatic N) is 5. The van der Waals surface area contributed by atoms with Gasteiger partial charge in [-0.3, -0.25) is 9.88 Å². The lowest BCUT2D eigenvalue weighted by molar-refractivity contribution is 0.179. The smallest absolute Gasteiger partial charge is 0.244 e. The van der Waals surface area contributed by atoms with Crippen molar-refractivity contribution in [2.45, 2.75) is 43.2 Å². The van der Waals surface area contributed by atoms with Gasteiger partial charge in [-0.05, 0) is 38.6 Å². The molecule has 0 aromatic carbocycles. The molecule has 0 spiro atoms. The molecule has 2 aliphatic rings. The first-order valence-electron chi connectivity index (χ1n) is 9.01. The quantitative estimate of drug-likeness (QED) is 0.816. The fourth-order valence-electron chi connectivity index (χ4n) is 3.72. The summed E-state index contributed by atoms with van der Waals surface area (Å²) in [7, 11) is -1.42. The molecule has 0 amide bonds. The Morgan fingerprint density at radius 2 is 2.08 bits per heavy atom. The Balaban J connectivity index is 1.57. The maximum Gasteiger partial charge on any atom is 0.244 e. The zero-order valence-corrected chi connectivity index (χ0v) is 15.7. The van der Waals surface area contributed by atoms with Crippen molar-refractivity contribution in [2.75, 3.05) is 20.1 Å². The number of piperidine rings is 1. The fraction of sp³-hybridized carbons (Fsp3) is 0.500. The van der Waals surface area contributed by atoms with Gasteiger partial charge in [0.1, 0.15) is 10.7 Å². The van der Waals surface area contributed by atoms with Gasteiger partial charge < -0.3 is 0 Å². The highest BCUT2D eigenvalue weighted by molar-refractivity contribution is 7.89. The normalized spacial score (nSPS) is 22.1. The molecule has 4 heterocycles. The molecule has 0 saturated carbocycles. The van der Waals surface area contributed by atoms with Crippen molar-refractivity contribution in [3.8, 4) is 0 Å². The molecule has 1 saturated heterocycles. The molecule has 1 unspecified atom stereocenters. The molecule has 0 N–H and O–H groups in total. The third-order valence-corrected chi connectivity index (χ3v) is 7.09. The van der Waals surface area contributed by atoms with Crippen LogP contribution in [0.3, 0.4) is 0 Å². The Morgan fingerprint density at radius 1 is 1.19 bits per heavy atom. The standard InChI is InChI=1S/C18H23N5O2S/c1-22-9-3-2-6-17(22)18-20-11-14-13-23(10-7-16(14)21-18)26(24,25)15-5-4-8-19-12-15/h4-5,8,11-12,17H,2-3,6-7,9-10,13H2,1H3. The van der Waals surface area contributed by atoms with Crippen LogP contribution in [0.15, 0.2) is 35.6 Å². The van der Waals surface area contributed by atoms with E-state index < -0.39 is 10.0 Å². The first kappa shape index (κ1) is 17.5. The number of aromatic nitrogens is 3. The van der Waals surface area contributed by atoms with Crippen molar-refractivity contribution < 1.29 is 8.42 Å². The largest absolute Gasteiger partial charge is 0.296 e. The second-order valence-corrected chi connectivity index (χ2v) is 8.91. The third kappa shape index (κ3) is 3.24. The van der Waals surface area contributed by atoms with Crippen molar-refractivity contribution in [1.82, 2.24) is 24.2 Å². The van der Waals surface area contributed by atoms with E-state index in [1.54, 1.807) is 18.3 Å². The van der Waals surface area contributed by atoms with E-state index in [0.717, 1.165) is 30.0 Å². The van der Waals surface area contributed by atoms with Gasteiger partial charge in [-0.15, -0.1) is 0 Å². The summed E-state index contributed by atoms with van der Waals surface area (Å²) in [4.78, 5) is 15.8. The van der Waals surface area contributed by atoms with E-state index >= 15 is 0 Å². The fourth-order valence-corrected chi connectivity index (χ4v) is 5.10. The molecule has 8 heteroatoms. The molecule has 4 rings (SSSR count). The highest BCUT2D eigenvalue weighted by Gasteiger charge is 2.30. The van der Waals surface area contributed by atoms with Gasteiger partial charge in [-0.2, -0.15) is 4.31 Å². The number of likely N-dealkylation sites (tertiary alicyclic amines) is 1. The van der Waals surface area contributed by atoms with Crippen LogP contribution in [0.1, 0.15) is 42.4 Å². The van der Waals surface area contributed by atoms with Crippen molar-refractivity contribution in [3.05, 3.63) is 47.8 Å². The molecule has 0 aliphatic carbocycles. The van der Waals surface area contributed by atoms with Gasteiger partial charge >= 0.3 is 0 Å². The van der Waals surface area contributed by atoms with Crippen LogP contribution in [0, 0.1) is 0 Å². The van der Waals surface area contributed by atoms with Gasteiger partial charge in [0.2, 0.25) is 10.0 Å². The van der Waals surface area contributed by atoms with Gasteiger partial charge in [0.25, 0.3) is 0 Å². The Hall–Kier alpha value is -1.90. The molecule has 1 atom stereocenters. The lowest BCUT2D eigenvalue weighted by Crippen LogP contribution is -2.37. The molecular formula is C18H23N5O2S. The maximum absolute atomic E-state index is 12.8. The second kappa shape index (κ2) is 7.02. The van der Waals surface area contributed by atoms with Crippen molar-refractivity contribution in [2.24, 2.45) is 0 Å². The Bertz CT molecular complexity index is 888. The van der Waals surface area contributed by atoms with Crippen LogP contribution in [0.2, 0.25) is 0 Å². The molecule has 0 bridgehead atoms. The number of fused-ring (bicyclic) bond motifs is 1. The van der Waals surface area contributed by atoms with Crippen LogP contribution >= 0.6 is 0 Å².